The largest absolute Gasteiger partial charge is 0.416 e. The number of benzene rings is 2. The summed E-state index contributed by atoms with van der Waals surface area (Å²) in [6.45, 7) is 0. The van der Waals surface area contributed by atoms with Gasteiger partial charge in [-0.1, -0.05) is 23.7 Å². The minimum absolute atomic E-state index is 0.142. The normalized spacial score (nSPS) is 12.0. The zero-order chi connectivity index (χ0) is 18.0. The molecule has 9 heteroatoms. The summed E-state index contributed by atoms with van der Waals surface area (Å²) in [7, 11) is -3.96. The predicted molar refractivity (Wildman–Crippen MR) is 83.6 cm³/mol. The first-order chi connectivity index (χ1) is 11.1. The van der Waals surface area contributed by atoms with Crippen LogP contribution in [-0.4, -0.2) is 20.1 Å². The first-order valence-corrected chi connectivity index (χ1v) is 8.56. The van der Waals surface area contributed by atoms with Crippen LogP contribution in [0.25, 0.3) is 0 Å². The maximum atomic E-state index is 12.6. The fourth-order valence-corrected chi connectivity index (χ4v) is 3.32. The number of anilines is 1. The van der Waals surface area contributed by atoms with E-state index in [9.17, 15) is 26.4 Å². The standard InChI is InChI=1S/C15H11ClF3NO3S/c16-11-4-2-6-13(8-11)24(22,23)9-14(21)20-12-5-1-3-10(7-12)15(17,18)19/h1-8H,9H2,(H,20,21). The second kappa shape index (κ2) is 6.82. The Labute approximate surface area is 141 Å². The maximum absolute atomic E-state index is 12.6. The summed E-state index contributed by atoms with van der Waals surface area (Å²) in [4.78, 5) is 11.7. The number of carbonyl (C=O) groups excluding carboxylic acids is 1. The van der Waals surface area contributed by atoms with Crippen molar-refractivity contribution in [1.29, 1.82) is 0 Å². The SMILES string of the molecule is O=C(CS(=O)(=O)c1cccc(Cl)c1)Nc1cccc(C(F)(F)F)c1. The lowest BCUT2D eigenvalue weighted by Crippen LogP contribution is -2.23. The number of alkyl halides is 3. The van der Waals surface area contributed by atoms with Crippen LogP contribution < -0.4 is 5.32 Å². The lowest BCUT2D eigenvalue weighted by Gasteiger charge is -2.10. The van der Waals surface area contributed by atoms with Crippen LogP contribution in [0.5, 0.6) is 0 Å². The van der Waals surface area contributed by atoms with Crippen LogP contribution in [0.4, 0.5) is 18.9 Å². The lowest BCUT2D eigenvalue weighted by molar-refractivity contribution is -0.137. The third-order valence-electron chi connectivity index (χ3n) is 2.95. The Kier molecular flexibility index (Phi) is 5.19. The average Bonchev–Trinajstić information content (AvgIpc) is 2.46. The van der Waals surface area contributed by atoms with Gasteiger partial charge in [0.05, 0.1) is 10.5 Å². The maximum Gasteiger partial charge on any atom is 0.416 e. The number of amides is 1. The molecule has 0 saturated heterocycles. The van der Waals surface area contributed by atoms with Crippen LogP contribution >= 0.6 is 11.6 Å². The smallest absolute Gasteiger partial charge is 0.325 e. The van der Waals surface area contributed by atoms with E-state index in [1.54, 1.807) is 0 Å². The fraction of sp³-hybridized carbons (Fsp3) is 0.133. The number of rotatable bonds is 4. The van der Waals surface area contributed by atoms with Crippen LogP contribution in [-0.2, 0) is 20.8 Å². The highest BCUT2D eigenvalue weighted by Crippen LogP contribution is 2.30. The minimum atomic E-state index is -4.56. The number of halogens is 4. The molecule has 0 unspecified atom stereocenters. The highest BCUT2D eigenvalue weighted by atomic mass is 35.5. The van der Waals surface area contributed by atoms with E-state index < -0.39 is 33.2 Å². The van der Waals surface area contributed by atoms with Gasteiger partial charge in [0, 0.05) is 10.7 Å². The quantitative estimate of drug-likeness (QED) is 0.882. The molecule has 2 aromatic carbocycles. The summed E-state index contributed by atoms with van der Waals surface area (Å²) in [6.07, 6.45) is -4.56. The van der Waals surface area contributed by atoms with E-state index in [1.807, 2.05) is 0 Å². The summed E-state index contributed by atoms with van der Waals surface area (Å²) < 4.78 is 62.1. The Morgan fingerprint density at radius 2 is 1.75 bits per heavy atom. The lowest BCUT2D eigenvalue weighted by atomic mass is 10.2. The zero-order valence-corrected chi connectivity index (χ0v) is 13.5. The molecular formula is C15H11ClF3NO3S. The predicted octanol–water partition coefficient (Wildman–Crippen LogP) is 3.77. The van der Waals surface area contributed by atoms with E-state index in [0.717, 1.165) is 18.2 Å². The molecule has 0 bridgehead atoms. The molecule has 2 aromatic rings. The molecule has 0 spiro atoms. The van der Waals surface area contributed by atoms with Gasteiger partial charge in [-0.15, -0.1) is 0 Å². The molecule has 0 atom stereocenters. The molecule has 1 amide bonds. The van der Waals surface area contributed by atoms with Crippen molar-refractivity contribution < 1.29 is 26.4 Å². The molecule has 0 heterocycles. The van der Waals surface area contributed by atoms with E-state index >= 15 is 0 Å². The van der Waals surface area contributed by atoms with Crippen LogP contribution in [0, 0.1) is 0 Å². The molecule has 0 aliphatic heterocycles. The van der Waals surface area contributed by atoms with Crippen molar-refractivity contribution in [3.05, 3.63) is 59.1 Å². The topological polar surface area (TPSA) is 63.2 Å². The molecule has 24 heavy (non-hydrogen) atoms. The fourth-order valence-electron chi connectivity index (χ4n) is 1.89. The molecule has 0 radical (unpaired) electrons. The van der Waals surface area contributed by atoms with Crippen molar-refractivity contribution >= 4 is 33.0 Å². The molecule has 2 rings (SSSR count). The third kappa shape index (κ3) is 4.72. The van der Waals surface area contributed by atoms with E-state index in [-0.39, 0.29) is 15.6 Å². The van der Waals surface area contributed by atoms with Crippen molar-refractivity contribution in [2.24, 2.45) is 0 Å². The summed E-state index contributed by atoms with van der Waals surface area (Å²) in [5.74, 6) is -1.86. The average molecular weight is 378 g/mol. The monoisotopic (exact) mass is 377 g/mol. The number of hydrogen-bond acceptors (Lipinski definition) is 3. The Morgan fingerprint density at radius 1 is 1.08 bits per heavy atom. The van der Waals surface area contributed by atoms with Gasteiger partial charge >= 0.3 is 6.18 Å². The van der Waals surface area contributed by atoms with Gasteiger partial charge in [-0.3, -0.25) is 4.79 Å². The Morgan fingerprint density at radius 3 is 2.38 bits per heavy atom. The van der Waals surface area contributed by atoms with Crippen LogP contribution in [0.1, 0.15) is 5.56 Å². The van der Waals surface area contributed by atoms with E-state index in [1.165, 1.54) is 30.3 Å². The zero-order valence-electron chi connectivity index (χ0n) is 12.0. The van der Waals surface area contributed by atoms with Crippen LogP contribution in [0.15, 0.2) is 53.4 Å². The van der Waals surface area contributed by atoms with Crippen molar-refractivity contribution in [1.82, 2.24) is 0 Å². The van der Waals surface area contributed by atoms with Gasteiger partial charge in [0.15, 0.2) is 9.84 Å². The third-order valence-corrected chi connectivity index (χ3v) is 4.80. The number of hydrogen-bond donors (Lipinski definition) is 1. The Balaban J connectivity index is 2.14. The molecule has 4 nitrogen and oxygen atoms in total. The van der Waals surface area contributed by atoms with Crippen molar-refractivity contribution in [3.63, 3.8) is 0 Å². The second-order valence-corrected chi connectivity index (χ2v) is 7.27. The molecule has 0 aliphatic carbocycles. The molecule has 0 aromatic heterocycles. The molecule has 0 saturated carbocycles. The van der Waals surface area contributed by atoms with Gasteiger partial charge < -0.3 is 5.32 Å². The minimum Gasteiger partial charge on any atom is -0.325 e. The summed E-state index contributed by atoms with van der Waals surface area (Å²) in [5.41, 5.74) is -1.09. The van der Waals surface area contributed by atoms with Crippen molar-refractivity contribution in [2.45, 2.75) is 11.1 Å². The van der Waals surface area contributed by atoms with Gasteiger partial charge in [-0.05, 0) is 36.4 Å². The number of nitrogens with one attached hydrogen (secondary N) is 1. The summed E-state index contributed by atoms with van der Waals surface area (Å²) >= 11 is 5.71. The number of sulfone groups is 1. The van der Waals surface area contributed by atoms with Crippen molar-refractivity contribution in [2.75, 3.05) is 11.1 Å². The molecule has 0 aliphatic rings. The highest BCUT2D eigenvalue weighted by molar-refractivity contribution is 7.92. The van der Waals surface area contributed by atoms with E-state index in [0.29, 0.717) is 0 Å². The van der Waals surface area contributed by atoms with Gasteiger partial charge in [-0.25, -0.2) is 8.42 Å². The number of carbonyl (C=O) groups is 1. The Hall–Kier alpha value is -2.06. The van der Waals surface area contributed by atoms with Gasteiger partial charge in [-0.2, -0.15) is 13.2 Å². The molecule has 1 N–H and O–H groups in total. The van der Waals surface area contributed by atoms with Crippen LogP contribution in [0.3, 0.4) is 0 Å². The summed E-state index contributed by atoms with van der Waals surface area (Å²) in [6, 6.07) is 9.28. The molecule has 0 fully saturated rings. The first-order valence-electron chi connectivity index (χ1n) is 6.53. The Bertz CT molecular complexity index is 866. The van der Waals surface area contributed by atoms with E-state index in [2.05, 4.69) is 5.32 Å². The van der Waals surface area contributed by atoms with Gasteiger partial charge in [0.2, 0.25) is 5.91 Å². The second-order valence-electron chi connectivity index (χ2n) is 4.84. The van der Waals surface area contributed by atoms with Crippen LogP contribution in [0.2, 0.25) is 5.02 Å². The summed E-state index contributed by atoms with van der Waals surface area (Å²) in [5, 5.41) is 2.33. The van der Waals surface area contributed by atoms with Crippen molar-refractivity contribution in [3.8, 4) is 0 Å². The van der Waals surface area contributed by atoms with E-state index in [4.69, 9.17) is 11.6 Å². The van der Waals surface area contributed by atoms with Gasteiger partial charge in [0.1, 0.15) is 5.75 Å². The first kappa shape index (κ1) is 18.3. The molecular weight excluding hydrogens is 367 g/mol. The van der Waals surface area contributed by atoms with Gasteiger partial charge in [0.25, 0.3) is 0 Å². The molecule has 128 valence electrons. The highest BCUT2D eigenvalue weighted by Gasteiger charge is 2.30.